The molecule has 0 spiro atoms. The summed E-state index contributed by atoms with van der Waals surface area (Å²) >= 11 is 0. The summed E-state index contributed by atoms with van der Waals surface area (Å²) in [6.45, 7) is 10.1. The molecule has 3 nitrogen and oxygen atoms in total. The van der Waals surface area contributed by atoms with Gasteiger partial charge in [-0.1, -0.05) is 27.7 Å². The van der Waals surface area contributed by atoms with Gasteiger partial charge in [-0.05, 0) is 73.2 Å². The van der Waals surface area contributed by atoms with Crippen LogP contribution in [0.15, 0.2) is 58.3 Å². The Labute approximate surface area is 160 Å². The van der Waals surface area contributed by atoms with Crippen LogP contribution < -0.4 is 9.47 Å². The molecule has 2 aromatic rings. The van der Waals surface area contributed by atoms with Crippen molar-refractivity contribution in [2.75, 3.05) is 13.2 Å². The lowest BCUT2D eigenvalue weighted by molar-refractivity contribution is 0.289. The average Bonchev–Trinajstić information content (AvgIpc) is 2.62. The van der Waals surface area contributed by atoms with E-state index in [1.165, 1.54) is 0 Å². The minimum absolute atomic E-state index is 0.624. The summed E-state index contributed by atoms with van der Waals surface area (Å²) in [4.78, 5) is 1.55. The van der Waals surface area contributed by atoms with Crippen molar-refractivity contribution in [3.8, 4) is 11.5 Å². The van der Waals surface area contributed by atoms with Gasteiger partial charge in [-0.2, -0.15) is 0 Å². The van der Waals surface area contributed by atoms with Crippen molar-refractivity contribution >= 4 is 10.8 Å². The summed E-state index contributed by atoms with van der Waals surface area (Å²) in [6.07, 6.45) is 2.05. The van der Waals surface area contributed by atoms with E-state index in [-0.39, 0.29) is 0 Å². The van der Waals surface area contributed by atoms with Crippen LogP contribution in [-0.4, -0.2) is 17.4 Å². The lowest BCUT2D eigenvalue weighted by Crippen LogP contribution is -2.02. The van der Waals surface area contributed by atoms with E-state index >= 15 is 0 Å². The molecule has 0 aliphatic rings. The second kappa shape index (κ2) is 10.4. The first kappa shape index (κ1) is 20.5. The minimum Gasteiger partial charge on any atom is -0.494 e. The molecule has 26 heavy (non-hydrogen) atoms. The summed E-state index contributed by atoms with van der Waals surface area (Å²) in [5.74, 6) is 2.89. The molecule has 0 radical (unpaired) electrons. The second-order valence-corrected chi connectivity index (χ2v) is 8.75. The zero-order valence-electron chi connectivity index (χ0n) is 16.2. The Morgan fingerprint density at radius 2 is 1.04 bits per heavy atom. The van der Waals surface area contributed by atoms with Crippen LogP contribution in [0, 0.1) is 11.8 Å². The third-order valence-corrected chi connectivity index (χ3v) is 5.40. The highest BCUT2D eigenvalue weighted by molar-refractivity contribution is 7.85. The van der Waals surface area contributed by atoms with Crippen LogP contribution in [0.25, 0.3) is 0 Å². The standard InChI is InChI=1S/C22H30O3S/c1-17(2)13-15-24-19-5-9-21(10-6-19)26(23)22-11-7-20(8-12-22)25-16-14-18(3)4/h5-12,17-18H,13-16H2,1-4H3. The number of hydrogen-bond donors (Lipinski definition) is 0. The monoisotopic (exact) mass is 374 g/mol. The van der Waals surface area contributed by atoms with Crippen molar-refractivity contribution in [2.45, 2.75) is 50.3 Å². The maximum Gasteiger partial charge on any atom is 0.119 e. The van der Waals surface area contributed by atoms with E-state index in [4.69, 9.17) is 9.47 Å². The van der Waals surface area contributed by atoms with Crippen molar-refractivity contribution in [1.82, 2.24) is 0 Å². The molecule has 0 aromatic heterocycles. The zero-order valence-corrected chi connectivity index (χ0v) is 17.1. The molecular formula is C22H30O3S. The van der Waals surface area contributed by atoms with Gasteiger partial charge >= 0.3 is 0 Å². The van der Waals surface area contributed by atoms with E-state index in [9.17, 15) is 4.21 Å². The minimum atomic E-state index is -1.20. The highest BCUT2D eigenvalue weighted by Gasteiger charge is 2.08. The maximum absolute atomic E-state index is 12.7. The van der Waals surface area contributed by atoms with Crippen molar-refractivity contribution in [2.24, 2.45) is 11.8 Å². The summed E-state index contributed by atoms with van der Waals surface area (Å²) in [5.41, 5.74) is 0. The lowest BCUT2D eigenvalue weighted by atomic mass is 10.1. The van der Waals surface area contributed by atoms with Crippen LogP contribution >= 0.6 is 0 Å². The molecule has 0 saturated heterocycles. The Morgan fingerprint density at radius 3 is 1.35 bits per heavy atom. The lowest BCUT2D eigenvalue weighted by Gasteiger charge is -2.10. The van der Waals surface area contributed by atoms with Crippen molar-refractivity contribution in [3.05, 3.63) is 48.5 Å². The molecule has 142 valence electrons. The molecule has 0 amide bonds. The molecule has 0 unspecified atom stereocenters. The summed E-state index contributed by atoms with van der Waals surface area (Å²) < 4.78 is 24.1. The normalized spacial score (nSPS) is 11.3. The maximum atomic E-state index is 12.7. The van der Waals surface area contributed by atoms with Crippen LogP contribution in [0.4, 0.5) is 0 Å². The molecule has 0 saturated carbocycles. The zero-order chi connectivity index (χ0) is 18.9. The SMILES string of the molecule is CC(C)CCOc1ccc(S(=O)c2ccc(OCCC(C)C)cc2)cc1. The topological polar surface area (TPSA) is 35.5 Å². The van der Waals surface area contributed by atoms with Gasteiger partial charge in [0.2, 0.25) is 0 Å². The van der Waals surface area contributed by atoms with E-state index in [1.54, 1.807) is 0 Å². The van der Waals surface area contributed by atoms with E-state index < -0.39 is 10.8 Å². The molecular weight excluding hydrogens is 344 g/mol. The molecule has 0 heterocycles. The van der Waals surface area contributed by atoms with E-state index in [0.717, 1.165) is 34.1 Å². The van der Waals surface area contributed by atoms with E-state index in [0.29, 0.717) is 25.0 Å². The van der Waals surface area contributed by atoms with Crippen LogP contribution in [-0.2, 0) is 10.8 Å². The number of ether oxygens (including phenoxy) is 2. The second-order valence-electron chi connectivity index (χ2n) is 7.27. The first-order valence-corrected chi connectivity index (χ1v) is 10.5. The molecule has 0 fully saturated rings. The van der Waals surface area contributed by atoms with Crippen molar-refractivity contribution < 1.29 is 13.7 Å². The van der Waals surface area contributed by atoms with Crippen LogP contribution in [0.2, 0.25) is 0 Å². The highest BCUT2D eigenvalue weighted by Crippen LogP contribution is 2.22. The molecule has 0 aliphatic carbocycles. The highest BCUT2D eigenvalue weighted by atomic mass is 32.2. The number of benzene rings is 2. The molecule has 2 rings (SSSR count). The van der Waals surface area contributed by atoms with Gasteiger partial charge in [0.15, 0.2) is 0 Å². The van der Waals surface area contributed by atoms with Crippen molar-refractivity contribution in [3.63, 3.8) is 0 Å². The van der Waals surface area contributed by atoms with Gasteiger partial charge in [0.05, 0.1) is 24.0 Å². The Bertz CT molecular complexity index is 616. The average molecular weight is 375 g/mol. The van der Waals surface area contributed by atoms with Gasteiger partial charge in [0, 0.05) is 9.79 Å². The fourth-order valence-electron chi connectivity index (χ4n) is 2.28. The van der Waals surface area contributed by atoms with Gasteiger partial charge in [-0.25, -0.2) is 4.21 Å². The van der Waals surface area contributed by atoms with Crippen molar-refractivity contribution in [1.29, 1.82) is 0 Å². The van der Waals surface area contributed by atoms with E-state index in [2.05, 4.69) is 27.7 Å². The van der Waals surface area contributed by atoms with Gasteiger partial charge in [-0.3, -0.25) is 0 Å². The first-order chi connectivity index (χ1) is 12.5. The van der Waals surface area contributed by atoms with Crippen LogP contribution in [0.3, 0.4) is 0 Å². The Kier molecular flexibility index (Phi) is 8.17. The van der Waals surface area contributed by atoms with Gasteiger partial charge in [-0.15, -0.1) is 0 Å². The third kappa shape index (κ3) is 6.83. The van der Waals surface area contributed by atoms with E-state index in [1.807, 2.05) is 48.5 Å². The Hall–Kier alpha value is -1.81. The predicted molar refractivity (Wildman–Crippen MR) is 107 cm³/mol. The van der Waals surface area contributed by atoms with Gasteiger partial charge in [0.1, 0.15) is 11.5 Å². The molecule has 0 aliphatic heterocycles. The molecule has 2 aromatic carbocycles. The molecule has 0 atom stereocenters. The Balaban J connectivity index is 1.91. The number of rotatable bonds is 10. The van der Waals surface area contributed by atoms with Crippen LogP contribution in [0.1, 0.15) is 40.5 Å². The summed E-state index contributed by atoms with van der Waals surface area (Å²) in [6, 6.07) is 15.0. The fourth-order valence-corrected chi connectivity index (χ4v) is 3.32. The molecule has 4 heteroatoms. The predicted octanol–water partition coefficient (Wildman–Crippen LogP) is 5.70. The summed E-state index contributed by atoms with van der Waals surface area (Å²) in [7, 11) is -1.20. The smallest absolute Gasteiger partial charge is 0.119 e. The Morgan fingerprint density at radius 1 is 0.692 bits per heavy atom. The molecule has 0 bridgehead atoms. The van der Waals surface area contributed by atoms with Crippen LogP contribution in [0.5, 0.6) is 11.5 Å². The largest absolute Gasteiger partial charge is 0.494 e. The fraction of sp³-hybridized carbons (Fsp3) is 0.455. The third-order valence-electron chi connectivity index (χ3n) is 4.00. The summed E-state index contributed by atoms with van der Waals surface area (Å²) in [5, 5.41) is 0. The van der Waals surface area contributed by atoms with Gasteiger partial charge in [0.25, 0.3) is 0 Å². The van der Waals surface area contributed by atoms with Gasteiger partial charge < -0.3 is 9.47 Å². The molecule has 0 N–H and O–H groups in total. The first-order valence-electron chi connectivity index (χ1n) is 9.33. The quantitative estimate of drug-likeness (QED) is 0.535. The number of hydrogen-bond acceptors (Lipinski definition) is 3.